The molecular formula is C10H5I4N3O. The molecule has 0 saturated heterocycles. The average molecular weight is 691 g/mol. The molecule has 8 heteroatoms. The Morgan fingerprint density at radius 3 is 2.72 bits per heavy atom. The van der Waals surface area contributed by atoms with Gasteiger partial charge in [-0.15, -0.1) is 0 Å². The van der Waals surface area contributed by atoms with E-state index in [1.165, 1.54) is 0 Å². The van der Waals surface area contributed by atoms with Crippen molar-refractivity contribution in [3.63, 3.8) is 0 Å². The highest BCUT2D eigenvalue weighted by Gasteiger charge is 2.26. The molecule has 1 aromatic carbocycles. The van der Waals surface area contributed by atoms with Crippen molar-refractivity contribution in [2.45, 2.75) is 0 Å². The van der Waals surface area contributed by atoms with E-state index in [0.717, 1.165) is 46.3 Å². The molecule has 0 unspecified atom stereocenters. The predicted molar refractivity (Wildman–Crippen MR) is 105 cm³/mol. The number of rotatable bonds is 0. The van der Waals surface area contributed by atoms with E-state index in [0.29, 0.717) is 0 Å². The van der Waals surface area contributed by atoms with E-state index in [1.54, 1.807) is 6.33 Å². The second-order valence-electron chi connectivity index (χ2n) is 3.63. The van der Waals surface area contributed by atoms with Crippen LogP contribution in [0.1, 0.15) is 0 Å². The van der Waals surface area contributed by atoms with Gasteiger partial charge in [-0.2, -0.15) is 0 Å². The SMILES string of the molecule is Ic1c2c(c(I)c3c(I)ncnc13)N(I)CCO2. The summed E-state index contributed by atoms with van der Waals surface area (Å²) in [5.74, 6) is 0.947. The number of benzene rings is 1. The lowest BCUT2D eigenvalue weighted by Crippen LogP contribution is -2.25. The Morgan fingerprint density at radius 1 is 1.17 bits per heavy atom. The van der Waals surface area contributed by atoms with E-state index < -0.39 is 0 Å². The Morgan fingerprint density at radius 2 is 1.94 bits per heavy atom. The van der Waals surface area contributed by atoms with Crippen LogP contribution in [0.25, 0.3) is 10.9 Å². The smallest absolute Gasteiger partial charge is 0.160 e. The summed E-state index contributed by atoms with van der Waals surface area (Å²) in [6, 6.07) is 0. The predicted octanol–water partition coefficient (Wildman–Crippen LogP) is 3.99. The van der Waals surface area contributed by atoms with Crippen LogP contribution >= 0.6 is 90.6 Å². The van der Waals surface area contributed by atoms with Crippen LogP contribution in [0.4, 0.5) is 5.69 Å². The highest BCUT2D eigenvalue weighted by molar-refractivity contribution is 14.1. The van der Waals surface area contributed by atoms with Gasteiger partial charge in [-0.25, -0.2) is 9.97 Å². The van der Waals surface area contributed by atoms with Crippen LogP contribution in [0.3, 0.4) is 0 Å². The number of fused-ring (bicyclic) bond motifs is 2. The van der Waals surface area contributed by atoms with Crippen LogP contribution in [-0.2, 0) is 0 Å². The Kier molecular flexibility index (Phi) is 4.26. The van der Waals surface area contributed by atoms with Crippen molar-refractivity contribution in [1.82, 2.24) is 9.97 Å². The topological polar surface area (TPSA) is 38.2 Å². The normalized spacial score (nSPS) is 14.6. The van der Waals surface area contributed by atoms with Gasteiger partial charge in [-0.1, -0.05) is 0 Å². The molecule has 94 valence electrons. The lowest BCUT2D eigenvalue weighted by atomic mass is 10.2. The summed E-state index contributed by atoms with van der Waals surface area (Å²) in [6.45, 7) is 1.62. The third-order valence-electron chi connectivity index (χ3n) is 2.63. The van der Waals surface area contributed by atoms with Gasteiger partial charge >= 0.3 is 0 Å². The summed E-state index contributed by atoms with van der Waals surface area (Å²) in [4.78, 5) is 8.70. The first-order valence-electron chi connectivity index (χ1n) is 4.98. The summed E-state index contributed by atoms with van der Waals surface area (Å²) >= 11 is 9.28. The van der Waals surface area contributed by atoms with Gasteiger partial charge in [0.05, 0.1) is 42.1 Å². The van der Waals surface area contributed by atoms with Crippen molar-refractivity contribution in [3.8, 4) is 5.75 Å². The first-order chi connectivity index (χ1) is 8.61. The van der Waals surface area contributed by atoms with Crippen LogP contribution in [0.2, 0.25) is 0 Å². The molecule has 0 bridgehead atoms. The van der Waals surface area contributed by atoms with Gasteiger partial charge in [-0.05, 0) is 67.8 Å². The zero-order chi connectivity index (χ0) is 12.9. The van der Waals surface area contributed by atoms with Crippen LogP contribution in [0.5, 0.6) is 5.75 Å². The van der Waals surface area contributed by atoms with Crippen molar-refractivity contribution in [2.75, 3.05) is 16.3 Å². The monoisotopic (exact) mass is 691 g/mol. The van der Waals surface area contributed by atoms with Crippen molar-refractivity contribution < 1.29 is 4.74 Å². The lowest BCUT2D eigenvalue weighted by Gasteiger charge is -2.28. The maximum absolute atomic E-state index is 5.83. The Bertz CT molecular complexity index is 649. The molecule has 1 aliphatic rings. The summed E-state index contributed by atoms with van der Waals surface area (Å²) in [6.07, 6.45) is 1.61. The molecule has 0 aliphatic carbocycles. The van der Waals surface area contributed by atoms with Gasteiger partial charge in [0.2, 0.25) is 0 Å². The number of aromatic nitrogens is 2. The van der Waals surface area contributed by atoms with Crippen molar-refractivity contribution in [3.05, 3.63) is 17.2 Å². The highest BCUT2D eigenvalue weighted by Crippen LogP contribution is 2.46. The van der Waals surface area contributed by atoms with Crippen molar-refractivity contribution in [2.24, 2.45) is 0 Å². The largest absolute Gasteiger partial charge is 0.488 e. The number of hydrogen-bond donors (Lipinski definition) is 0. The maximum Gasteiger partial charge on any atom is 0.160 e. The zero-order valence-corrected chi connectivity index (χ0v) is 17.4. The lowest BCUT2D eigenvalue weighted by molar-refractivity contribution is 0.317. The molecule has 0 spiro atoms. The van der Waals surface area contributed by atoms with Gasteiger partial charge in [0.1, 0.15) is 22.3 Å². The molecule has 2 aromatic rings. The molecular weight excluding hydrogens is 686 g/mol. The quantitative estimate of drug-likeness (QED) is 0.238. The van der Waals surface area contributed by atoms with Crippen LogP contribution in [0, 0.1) is 10.8 Å². The van der Waals surface area contributed by atoms with Crippen LogP contribution in [0.15, 0.2) is 6.33 Å². The van der Waals surface area contributed by atoms with Crippen LogP contribution < -0.4 is 7.85 Å². The molecule has 3 rings (SSSR count). The Balaban J connectivity index is 2.48. The third kappa shape index (κ3) is 2.17. The Hall–Kier alpha value is 1.08. The van der Waals surface area contributed by atoms with E-state index >= 15 is 0 Å². The minimum atomic E-state index is 0.718. The fourth-order valence-corrected chi connectivity index (χ4v) is 5.99. The minimum absolute atomic E-state index is 0.718. The molecule has 0 amide bonds. The fraction of sp³-hybridized carbons (Fsp3) is 0.200. The second-order valence-corrected chi connectivity index (χ2v) is 7.97. The molecule has 0 fully saturated rings. The molecule has 1 aromatic heterocycles. The molecule has 4 nitrogen and oxygen atoms in total. The van der Waals surface area contributed by atoms with Gasteiger partial charge < -0.3 is 7.85 Å². The van der Waals surface area contributed by atoms with Gasteiger partial charge in [-0.3, -0.25) is 0 Å². The third-order valence-corrected chi connectivity index (χ3v) is 6.46. The number of hydrogen-bond acceptors (Lipinski definition) is 4. The van der Waals surface area contributed by atoms with E-state index in [4.69, 9.17) is 4.74 Å². The second kappa shape index (κ2) is 5.46. The Labute approximate surface area is 159 Å². The summed E-state index contributed by atoms with van der Waals surface area (Å²) in [5.41, 5.74) is 2.12. The average Bonchev–Trinajstić information content (AvgIpc) is 2.35. The van der Waals surface area contributed by atoms with E-state index in [1.807, 2.05) is 0 Å². The molecule has 0 saturated carbocycles. The van der Waals surface area contributed by atoms with E-state index in [9.17, 15) is 0 Å². The van der Waals surface area contributed by atoms with Crippen molar-refractivity contribution >= 4 is 107 Å². The zero-order valence-electron chi connectivity index (χ0n) is 8.75. The molecule has 0 atom stereocenters. The maximum atomic E-state index is 5.83. The van der Waals surface area contributed by atoms with Gasteiger partial charge in [0.25, 0.3) is 0 Å². The summed E-state index contributed by atoms with van der Waals surface area (Å²) in [7, 11) is 0. The fourth-order valence-electron chi connectivity index (χ4n) is 1.84. The van der Waals surface area contributed by atoms with Gasteiger partial charge in [0, 0.05) is 5.39 Å². The highest BCUT2D eigenvalue weighted by atomic mass is 127. The molecule has 2 heterocycles. The van der Waals surface area contributed by atoms with E-state index in [2.05, 4.69) is 104 Å². The van der Waals surface area contributed by atoms with E-state index in [-0.39, 0.29) is 0 Å². The number of anilines is 1. The summed E-state index contributed by atoms with van der Waals surface area (Å²) in [5, 5.41) is 1.12. The minimum Gasteiger partial charge on any atom is -0.488 e. The number of ether oxygens (including phenoxy) is 1. The number of nitrogens with zero attached hydrogens (tertiary/aromatic N) is 3. The summed E-state index contributed by atoms with van der Waals surface area (Å²) < 4.78 is 11.3. The standard InChI is InChI=1S/C10H5I4N3O/c11-5-4-7(15-3-16-10(4)13)6(12)9-8(5)17(14)1-2-18-9/h3H,1-2H2. The first kappa shape index (κ1) is 14.0. The van der Waals surface area contributed by atoms with Crippen molar-refractivity contribution in [1.29, 1.82) is 0 Å². The van der Waals surface area contributed by atoms with Crippen LogP contribution in [-0.4, -0.2) is 23.1 Å². The molecule has 18 heavy (non-hydrogen) atoms. The molecule has 0 N–H and O–H groups in total. The van der Waals surface area contributed by atoms with Gasteiger partial charge in [0.15, 0.2) is 5.75 Å². The molecule has 1 aliphatic heterocycles. The first-order valence-corrected chi connectivity index (χ1v) is 9.18. The molecule has 0 radical (unpaired) electrons. The number of halogens is 4.